The zero-order valence-electron chi connectivity index (χ0n) is 9.48. The van der Waals surface area contributed by atoms with Crippen molar-refractivity contribution < 1.29 is 19.5 Å². The van der Waals surface area contributed by atoms with Gasteiger partial charge >= 0.3 is 5.97 Å². The molecule has 0 unspecified atom stereocenters. The molecule has 0 radical (unpaired) electrons. The van der Waals surface area contributed by atoms with Gasteiger partial charge in [0.05, 0.1) is 7.11 Å². The molecule has 1 rings (SSSR count). The first-order chi connectivity index (χ1) is 7.42. The van der Waals surface area contributed by atoms with Gasteiger partial charge in [0.1, 0.15) is 16.9 Å². The number of hydrogen-bond donors (Lipinski definition) is 2. The molecule has 0 aromatic heterocycles. The molecule has 5 heteroatoms. The summed E-state index contributed by atoms with van der Waals surface area (Å²) in [5.41, 5.74) is 0.0227. The van der Waals surface area contributed by atoms with Crippen LogP contribution in [0.5, 0.6) is 5.75 Å². The molecule has 1 aromatic rings. The van der Waals surface area contributed by atoms with Crippen LogP contribution in [-0.4, -0.2) is 18.2 Å². The van der Waals surface area contributed by atoms with Gasteiger partial charge in [-0.3, -0.25) is 4.84 Å². The van der Waals surface area contributed by atoms with Crippen molar-refractivity contribution in [2.24, 2.45) is 5.90 Å². The number of esters is 1. The maximum absolute atomic E-state index is 11.3. The Bertz CT molecular complexity index is 401. The van der Waals surface area contributed by atoms with Crippen LogP contribution in [0.4, 0.5) is 0 Å². The lowest BCUT2D eigenvalue weighted by Crippen LogP contribution is -2.25. The van der Waals surface area contributed by atoms with Crippen LogP contribution in [0.3, 0.4) is 0 Å². The van der Waals surface area contributed by atoms with Gasteiger partial charge in [0.15, 0.2) is 0 Å². The highest BCUT2D eigenvalue weighted by Gasteiger charge is 2.23. The maximum atomic E-state index is 11.3. The Morgan fingerprint density at radius 3 is 2.56 bits per heavy atom. The normalized spacial score (nSPS) is 11.2. The van der Waals surface area contributed by atoms with Crippen molar-refractivity contribution in [3.05, 3.63) is 29.3 Å². The highest BCUT2D eigenvalue weighted by Crippen LogP contribution is 2.28. The molecule has 3 N–H and O–H groups in total. The topological polar surface area (TPSA) is 81.8 Å². The average molecular weight is 225 g/mol. The fourth-order valence-electron chi connectivity index (χ4n) is 1.25. The summed E-state index contributed by atoms with van der Waals surface area (Å²) in [6.45, 7) is 3.50. The summed E-state index contributed by atoms with van der Waals surface area (Å²) in [6.07, 6.45) is 0. The molecule has 0 amide bonds. The van der Waals surface area contributed by atoms with Gasteiger partial charge in [0.25, 0.3) is 0 Å². The number of phenolic OH excluding ortho intramolecular Hbond substituents is 1. The van der Waals surface area contributed by atoms with Crippen LogP contribution >= 0.6 is 0 Å². The van der Waals surface area contributed by atoms with Gasteiger partial charge in [-0.05, 0) is 31.5 Å². The standard InChI is InChI=1S/C11H15NO4/c1-11(2,16-12)7-4-5-9(13)8(6-7)10(14)15-3/h4-6,13H,12H2,1-3H3. The molecule has 1 aromatic carbocycles. The number of phenols is 1. The van der Waals surface area contributed by atoms with Crippen molar-refractivity contribution in [3.8, 4) is 5.75 Å². The van der Waals surface area contributed by atoms with Crippen molar-refractivity contribution in [2.45, 2.75) is 19.4 Å². The van der Waals surface area contributed by atoms with Crippen LogP contribution in [-0.2, 0) is 15.2 Å². The predicted octanol–water partition coefficient (Wildman–Crippen LogP) is 1.30. The zero-order valence-corrected chi connectivity index (χ0v) is 9.48. The van der Waals surface area contributed by atoms with E-state index in [2.05, 4.69) is 4.74 Å². The molecule has 88 valence electrons. The molecule has 0 fully saturated rings. The summed E-state index contributed by atoms with van der Waals surface area (Å²) in [5.74, 6) is 4.42. The number of aromatic hydroxyl groups is 1. The van der Waals surface area contributed by atoms with Crippen LogP contribution < -0.4 is 5.90 Å². The third kappa shape index (κ3) is 2.32. The summed E-state index contributed by atoms with van der Waals surface area (Å²) in [6, 6.07) is 4.53. The van der Waals surface area contributed by atoms with E-state index in [1.807, 2.05) is 0 Å². The quantitative estimate of drug-likeness (QED) is 0.598. The molecule has 0 spiro atoms. The van der Waals surface area contributed by atoms with Crippen LogP contribution in [0.1, 0.15) is 29.8 Å². The first-order valence-corrected chi connectivity index (χ1v) is 4.72. The first kappa shape index (κ1) is 12.5. The summed E-state index contributed by atoms with van der Waals surface area (Å²) in [7, 11) is 1.25. The van der Waals surface area contributed by atoms with Crippen molar-refractivity contribution in [1.82, 2.24) is 0 Å². The fraction of sp³-hybridized carbons (Fsp3) is 0.364. The van der Waals surface area contributed by atoms with Crippen molar-refractivity contribution >= 4 is 5.97 Å². The lowest BCUT2D eigenvalue weighted by atomic mass is 9.96. The van der Waals surface area contributed by atoms with Crippen molar-refractivity contribution in [2.75, 3.05) is 7.11 Å². The summed E-state index contributed by atoms with van der Waals surface area (Å²) < 4.78 is 4.55. The Hall–Kier alpha value is -1.59. The predicted molar refractivity (Wildman–Crippen MR) is 57.7 cm³/mol. The second kappa shape index (κ2) is 4.51. The minimum Gasteiger partial charge on any atom is -0.507 e. The lowest BCUT2D eigenvalue weighted by molar-refractivity contribution is -0.0236. The molecule has 0 saturated heterocycles. The minimum absolute atomic E-state index is 0.0881. The van der Waals surface area contributed by atoms with E-state index >= 15 is 0 Å². The zero-order chi connectivity index (χ0) is 12.3. The molecule has 16 heavy (non-hydrogen) atoms. The molecule has 0 bridgehead atoms. The Kier molecular flexibility index (Phi) is 3.51. The number of nitrogens with two attached hydrogens (primary N) is 1. The van der Waals surface area contributed by atoms with E-state index in [1.54, 1.807) is 19.9 Å². The maximum Gasteiger partial charge on any atom is 0.341 e. The molecular weight excluding hydrogens is 210 g/mol. The Balaban J connectivity index is 3.22. The Morgan fingerprint density at radius 2 is 2.06 bits per heavy atom. The third-order valence-corrected chi connectivity index (χ3v) is 2.39. The van der Waals surface area contributed by atoms with E-state index in [1.165, 1.54) is 19.2 Å². The lowest BCUT2D eigenvalue weighted by Gasteiger charge is -2.22. The monoisotopic (exact) mass is 225 g/mol. The van der Waals surface area contributed by atoms with E-state index in [4.69, 9.17) is 10.7 Å². The highest BCUT2D eigenvalue weighted by atomic mass is 16.6. The van der Waals surface area contributed by atoms with E-state index < -0.39 is 11.6 Å². The van der Waals surface area contributed by atoms with Gasteiger partial charge < -0.3 is 9.84 Å². The molecule has 0 aliphatic carbocycles. The molecule has 0 aliphatic heterocycles. The molecular formula is C11H15NO4. The van der Waals surface area contributed by atoms with Gasteiger partial charge in [-0.25, -0.2) is 10.7 Å². The van der Waals surface area contributed by atoms with Crippen molar-refractivity contribution in [3.63, 3.8) is 0 Å². The molecule has 0 saturated carbocycles. The number of ether oxygens (including phenoxy) is 1. The van der Waals surface area contributed by atoms with Crippen LogP contribution in [0, 0.1) is 0 Å². The van der Waals surface area contributed by atoms with Crippen LogP contribution in [0.15, 0.2) is 18.2 Å². The number of carbonyl (C=O) groups excluding carboxylic acids is 1. The molecule has 0 atom stereocenters. The first-order valence-electron chi connectivity index (χ1n) is 4.72. The number of benzene rings is 1. The number of methoxy groups -OCH3 is 1. The van der Waals surface area contributed by atoms with E-state index in [9.17, 15) is 9.90 Å². The van der Waals surface area contributed by atoms with E-state index in [0.29, 0.717) is 5.56 Å². The Labute approximate surface area is 93.7 Å². The van der Waals surface area contributed by atoms with Crippen LogP contribution in [0.25, 0.3) is 0 Å². The van der Waals surface area contributed by atoms with Gasteiger partial charge in [0.2, 0.25) is 0 Å². The van der Waals surface area contributed by atoms with Gasteiger partial charge in [0, 0.05) is 0 Å². The average Bonchev–Trinajstić information content (AvgIpc) is 2.28. The summed E-state index contributed by atoms with van der Waals surface area (Å²) in [4.78, 5) is 16.1. The smallest absolute Gasteiger partial charge is 0.341 e. The third-order valence-electron chi connectivity index (χ3n) is 2.39. The van der Waals surface area contributed by atoms with Crippen molar-refractivity contribution in [1.29, 1.82) is 0 Å². The molecule has 0 heterocycles. The van der Waals surface area contributed by atoms with Gasteiger partial charge in [-0.1, -0.05) is 6.07 Å². The second-order valence-electron chi connectivity index (χ2n) is 3.85. The highest BCUT2D eigenvalue weighted by molar-refractivity contribution is 5.92. The number of hydrogen-bond acceptors (Lipinski definition) is 5. The number of carbonyl (C=O) groups is 1. The van der Waals surface area contributed by atoms with E-state index in [0.717, 1.165) is 0 Å². The molecule has 0 aliphatic rings. The summed E-state index contributed by atoms with van der Waals surface area (Å²) in [5, 5.41) is 9.50. The Morgan fingerprint density at radius 1 is 1.44 bits per heavy atom. The largest absolute Gasteiger partial charge is 0.507 e. The minimum atomic E-state index is -0.740. The second-order valence-corrected chi connectivity index (χ2v) is 3.85. The number of rotatable bonds is 3. The SMILES string of the molecule is COC(=O)c1cc(C(C)(C)ON)ccc1O. The fourth-order valence-corrected chi connectivity index (χ4v) is 1.25. The molecule has 5 nitrogen and oxygen atoms in total. The van der Waals surface area contributed by atoms with Gasteiger partial charge in [-0.15, -0.1) is 0 Å². The van der Waals surface area contributed by atoms with E-state index in [-0.39, 0.29) is 11.3 Å². The van der Waals surface area contributed by atoms with Gasteiger partial charge in [-0.2, -0.15) is 0 Å². The van der Waals surface area contributed by atoms with Crippen LogP contribution in [0.2, 0.25) is 0 Å². The summed E-state index contributed by atoms with van der Waals surface area (Å²) >= 11 is 0.